The van der Waals surface area contributed by atoms with Gasteiger partial charge in [-0.05, 0) is 0 Å². The lowest BCUT2D eigenvalue weighted by Crippen LogP contribution is -2.28. The van der Waals surface area contributed by atoms with Crippen molar-refractivity contribution in [2.24, 2.45) is 5.84 Å². The van der Waals surface area contributed by atoms with E-state index in [9.17, 15) is 9.59 Å². The maximum absolute atomic E-state index is 11.0. The molecule has 0 heterocycles. The molecule has 0 spiro atoms. The summed E-state index contributed by atoms with van der Waals surface area (Å²) < 4.78 is 10.4. The molecule has 0 rings (SSSR count). The van der Waals surface area contributed by atoms with Gasteiger partial charge >= 0.3 is 0 Å². The van der Waals surface area contributed by atoms with Gasteiger partial charge in [0.1, 0.15) is 6.29 Å². The average molecular weight is 247 g/mol. The third-order valence-corrected chi connectivity index (χ3v) is 1.82. The molecule has 7 heteroatoms. The fourth-order valence-electron chi connectivity index (χ4n) is 0.994. The number of hydrogen-bond acceptors (Lipinski definition) is 6. The van der Waals surface area contributed by atoms with Crippen molar-refractivity contribution in [3.8, 4) is 0 Å². The number of carbonyl (C=O) groups is 2. The first-order chi connectivity index (χ1) is 8.31. The zero-order valence-corrected chi connectivity index (χ0v) is 9.94. The Kier molecular flexibility index (Phi) is 12.3. The number of hydrogen-bond donors (Lipinski definition) is 3. The van der Waals surface area contributed by atoms with Crippen LogP contribution in [0, 0.1) is 0 Å². The standard InChI is InChI=1S/C10H21N3O4/c11-13-4-7-17-9-8-16-6-3-12-10(15)2-1-5-14/h5,13H,1-4,6-9,11H2,(H,12,15). The second kappa shape index (κ2) is 13.0. The van der Waals surface area contributed by atoms with Crippen LogP contribution in [0.15, 0.2) is 0 Å². The highest BCUT2D eigenvalue weighted by atomic mass is 16.5. The number of hydrazine groups is 1. The number of carbonyl (C=O) groups excluding carboxylic acids is 2. The molecule has 0 aliphatic rings. The highest BCUT2D eigenvalue weighted by Gasteiger charge is 1.98. The van der Waals surface area contributed by atoms with Gasteiger partial charge in [-0.25, -0.2) is 0 Å². The summed E-state index contributed by atoms with van der Waals surface area (Å²) in [6.07, 6.45) is 1.22. The van der Waals surface area contributed by atoms with Crippen molar-refractivity contribution in [2.75, 3.05) is 39.5 Å². The molecule has 1 amide bonds. The summed E-state index contributed by atoms with van der Waals surface area (Å²) in [5.74, 6) is 4.92. The first-order valence-corrected chi connectivity index (χ1v) is 5.60. The van der Waals surface area contributed by atoms with Gasteiger partial charge in [-0.2, -0.15) is 0 Å². The zero-order valence-electron chi connectivity index (χ0n) is 9.94. The van der Waals surface area contributed by atoms with Crippen molar-refractivity contribution in [1.29, 1.82) is 0 Å². The molecule has 0 bridgehead atoms. The lowest BCUT2D eigenvalue weighted by Gasteiger charge is -2.06. The second-order valence-corrected chi connectivity index (χ2v) is 3.23. The van der Waals surface area contributed by atoms with Gasteiger partial charge in [0, 0.05) is 25.9 Å². The molecule has 7 nitrogen and oxygen atoms in total. The second-order valence-electron chi connectivity index (χ2n) is 3.23. The zero-order chi connectivity index (χ0) is 12.8. The molecule has 0 saturated carbocycles. The molecule has 0 radical (unpaired) electrons. The molecule has 0 unspecified atom stereocenters. The lowest BCUT2D eigenvalue weighted by molar-refractivity contribution is -0.122. The summed E-state index contributed by atoms with van der Waals surface area (Å²) in [7, 11) is 0. The lowest BCUT2D eigenvalue weighted by atomic mass is 10.3. The number of amides is 1. The van der Waals surface area contributed by atoms with Crippen LogP contribution in [0.1, 0.15) is 12.8 Å². The Balaban J connectivity index is 3.07. The van der Waals surface area contributed by atoms with Gasteiger partial charge in [0.25, 0.3) is 0 Å². The molecule has 0 atom stereocenters. The molecular weight excluding hydrogens is 226 g/mol. The molecule has 17 heavy (non-hydrogen) atoms. The van der Waals surface area contributed by atoms with Crippen molar-refractivity contribution in [3.05, 3.63) is 0 Å². The van der Waals surface area contributed by atoms with Gasteiger partial charge in [-0.3, -0.25) is 16.1 Å². The normalized spacial score (nSPS) is 10.2. The van der Waals surface area contributed by atoms with E-state index in [-0.39, 0.29) is 18.7 Å². The van der Waals surface area contributed by atoms with Crippen LogP contribution in [-0.2, 0) is 19.1 Å². The quantitative estimate of drug-likeness (QED) is 0.169. The monoisotopic (exact) mass is 247 g/mol. The van der Waals surface area contributed by atoms with E-state index in [2.05, 4.69) is 10.7 Å². The van der Waals surface area contributed by atoms with Gasteiger partial charge in [-0.15, -0.1) is 0 Å². The minimum absolute atomic E-state index is 0.133. The predicted molar refractivity (Wildman–Crippen MR) is 62.1 cm³/mol. The van der Waals surface area contributed by atoms with Crippen molar-refractivity contribution in [1.82, 2.24) is 10.7 Å². The highest BCUT2D eigenvalue weighted by Crippen LogP contribution is 1.84. The van der Waals surface area contributed by atoms with E-state index in [4.69, 9.17) is 15.3 Å². The van der Waals surface area contributed by atoms with Crippen LogP contribution in [-0.4, -0.2) is 51.7 Å². The molecule has 0 fully saturated rings. The van der Waals surface area contributed by atoms with E-state index in [0.717, 1.165) is 6.29 Å². The number of rotatable bonds is 12. The largest absolute Gasteiger partial charge is 0.378 e. The molecule has 0 aliphatic carbocycles. The Hall–Kier alpha value is -1.02. The van der Waals surface area contributed by atoms with Crippen LogP contribution in [0.5, 0.6) is 0 Å². The van der Waals surface area contributed by atoms with Gasteiger partial charge in [0.15, 0.2) is 0 Å². The number of ether oxygens (including phenoxy) is 2. The minimum atomic E-state index is -0.133. The van der Waals surface area contributed by atoms with Crippen LogP contribution in [0.25, 0.3) is 0 Å². The maximum Gasteiger partial charge on any atom is 0.220 e. The van der Waals surface area contributed by atoms with Crippen LogP contribution < -0.4 is 16.6 Å². The molecule has 4 N–H and O–H groups in total. The van der Waals surface area contributed by atoms with Gasteiger partial charge < -0.3 is 19.6 Å². The average Bonchev–Trinajstić information content (AvgIpc) is 2.34. The summed E-state index contributed by atoms with van der Waals surface area (Å²) >= 11 is 0. The van der Waals surface area contributed by atoms with Gasteiger partial charge in [-0.1, -0.05) is 0 Å². The number of nitrogens with two attached hydrogens (primary N) is 1. The third-order valence-electron chi connectivity index (χ3n) is 1.82. The summed E-state index contributed by atoms with van der Waals surface area (Å²) in [4.78, 5) is 21.0. The van der Waals surface area contributed by atoms with Crippen LogP contribution >= 0.6 is 0 Å². The number of nitrogens with one attached hydrogen (secondary N) is 2. The van der Waals surface area contributed by atoms with Crippen LogP contribution in [0.4, 0.5) is 0 Å². The van der Waals surface area contributed by atoms with Gasteiger partial charge in [0.2, 0.25) is 5.91 Å². The number of aldehydes is 1. The van der Waals surface area contributed by atoms with Crippen molar-refractivity contribution < 1.29 is 19.1 Å². The molecule has 0 aliphatic heterocycles. The van der Waals surface area contributed by atoms with Crippen molar-refractivity contribution in [2.45, 2.75) is 12.8 Å². The van der Waals surface area contributed by atoms with Crippen LogP contribution in [0.3, 0.4) is 0 Å². The Morgan fingerprint density at radius 1 is 1.12 bits per heavy atom. The summed E-state index contributed by atoms with van der Waals surface area (Å²) in [6, 6.07) is 0. The molecule has 100 valence electrons. The van der Waals surface area contributed by atoms with E-state index >= 15 is 0 Å². The van der Waals surface area contributed by atoms with E-state index < -0.39 is 0 Å². The van der Waals surface area contributed by atoms with Gasteiger partial charge in [0.05, 0.1) is 26.4 Å². The van der Waals surface area contributed by atoms with E-state index in [1.807, 2.05) is 0 Å². The highest BCUT2D eigenvalue weighted by molar-refractivity contribution is 5.77. The topological polar surface area (TPSA) is 103 Å². The van der Waals surface area contributed by atoms with Crippen molar-refractivity contribution >= 4 is 12.2 Å². The van der Waals surface area contributed by atoms with E-state index in [0.29, 0.717) is 39.5 Å². The SMILES string of the molecule is NNCCOCCOCCNC(=O)CCC=O. The first-order valence-electron chi connectivity index (χ1n) is 5.60. The molecule has 0 aromatic carbocycles. The molecular formula is C10H21N3O4. The van der Waals surface area contributed by atoms with Crippen LogP contribution in [0.2, 0.25) is 0 Å². The Morgan fingerprint density at radius 2 is 1.76 bits per heavy atom. The summed E-state index contributed by atoms with van der Waals surface area (Å²) in [6.45, 7) is 3.01. The molecule has 0 saturated heterocycles. The Bertz CT molecular complexity index is 202. The molecule has 0 aromatic rings. The third kappa shape index (κ3) is 12.9. The van der Waals surface area contributed by atoms with E-state index in [1.165, 1.54) is 0 Å². The summed E-state index contributed by atoms with van der Waals surface area (Å²) in [5.41, 5.74) is 2.47. The Morgan fingerprint density at radius 3 is 2.35 bits per heavy atom. The fourth-order valence-corrected chi connectivity index (χ4v) is 0.994. The predicted octanol–water partition coefficient (Wildman–Crippen LogP) is -1.42. The first kappa shape index (κ1) is 16.0. The smallest absolute Gasteiger partial charge is 0.220 e. The maximum atomic E-state index is 11.0. The van der Waals surface area contributed by atoms with E-state index in [1.54, 1.807) is 0 Å². The fraction of sp³-hybridized carbons (Fsp3) is 0.800. The van der Waals surface area contributed by atoms with Crippen molar-refractivity contribution in [3.63, 3.8) is 0 Å². The Labute approximate surface area is 101 Å². The minimum Gasteiger partial charge on any atom is -0.378 e. The summed E-state index contributed by atoms with van der Waals surface area (Å²) in [5, 5.41) is 2.64. The molecule has 0 aromatic heterocycles.